The maximum atomic E-state index is 11.9. The molecule has 0 radical (unpaired) electrons. The lowest BCUT2D eigenvalue weighted by Crippen LogP contribution is -2.20. The fourth-order valence-corrected chi connectivity index (χ4v) is 2.92. The van der Waals surface area contributed by atoms with Gasteiger partial charge in [-0.2, -0.15) is 0 Å². The zero-order valence-electron chi connectivity index (χ0n) is 12.0. The molecule has 0 aliphatic rings. The van der Waals surface area contributed by atoms with Crippen LogP contribution in [0, 0.1) is 13.8 Å². The van der Waals surface area contributed by atoms with Gasteiger partial charge in [-0.05, 0) is 19.9 Å². The normalized spacial score (nSPS) is 11.6. The van der Waals surface area contributed by atoms with Crippen LogP contribution < -0.4 is 5.32 Å². The van der Waals surface area contributed by atoms with Crippen molar-refractivity contribution in [1.82, 2.24) is 19.7 Å². The van der Waals surface area contributed by atoms with E-state index >= 15 is 0 Å². The summed E-state index contributed by atoms with van der Waals surface area (Å²) in [4.78, 5) is 21.0. The Morgan fingerprint density at radius 1 is 1.50 bits per heavy atom. The van der Waals surface area contributed by atoms with E-state index in [0.29, 0.717) is 16.7 Å². The van der Waals surface area contributed by atoms with Crippen LogP contribution in [-0.2, 0) is 11.3 Å². The summed E-state index contributed by atoms with van der Waals surface area (Å²) >= 11 is 7.53. The van der Waals surface area contributed by atoms with Crippen LogP contribution in [0.2, 0.25) is 5.15 Å². The minimum absolute atomic E-state index is 0.242. The SMILES string of the molecule is Cc1nc(CNC(=O)/C=C/c2c(Cl)nc3sccn23)oc1C. The molecule has 1 N–H and O–H groups in total. The van der Waals surface area contributed by atoms with Gasteiger partial charge in [0, 0.05) is 17.7 Å². The van der Waals surface area contributed by atoms with Crippen molar-refractivity contribution >= 4 is 39.9 Å². The Labute approximate surface area is 135 Å². The molecule has 114 valence electrons. The molecule has 0 aliphatic carbocycles. The van der Waals surface area contributed by atoms with Gasteiger partial charge in [0.25, 0.3) is 0 Å². The number of imidazole rings is 1. The molecule has 3 aromatic rings. The number of halogens is 1. The van der Waals surface area contributed by atoms with Gasteiger partial charge in [0.05, 0.1) is 17.9 Å². The van der Waals surface area contributed by atoms with Crippen molar-refractivity contribution < 1.29 is 9.21 Å². The van der Waals surface area contributed by atoms with E-state index in [0.717, 1.165) is 16.4 Å². The van der Waals surface area contributed by atoms with E-state index in [1.54, 1.807) is 6.08 Å². The minimum Gasteiger partial charge on any atom is -0.444 e. The summed E-state index contributed by atoms with van der Waals surface area (Å²) in [6, 6.07) is 0. The number of thiazole rings is 1. The number of aromatic nitrogens is 3. The van der Waals surface area contributed by atoms with Gasteiger partial charge in [-0.1, -0.05) is 11.6 Å². The molecule has 22 heavy (non-hydrogen) atoms. The predicted molar refractivity (Wildman–Crippen MR) is 84.9 cm³/mol. The number of aryl methyl sites for hydroxylation is 2. The molecule has 8 heteroatoms. The average molecular weight is 337 g/mol. The highest BCUT2D eigenvalue weighted by Crippen LogP contribution is 2.22. The highest BCUT2D eigenvalue weighted by molar-refractivity contribution is 7.15. The van der Waals surface area contributed by atoms with Crippen LogP contribution in [0.3, 0.4) is 0 Å². The lowest BCUT2D eigenvalue weighted by atomic mass is 10.4. The first-order chi connectivity index (χ1) is 10.5. The van der Waals surface area contributed by atoms with Crippen molar-refractivity contribution in [2.45, 2.75) is 20.4 Å². The highest BCUT2D eigenvalue weighted by atomic mass is 35.5. The number of hydrogen-bond donors (Lipinski definition) is 1. The quantitative estimate of drug-likeness (QED) is 0.743. The zero-order chi connectivity index (χ0) is 15.7. The first-order valence-corrected chi connectivity index (χ1v) is 7.80. The maximum Gasteiger partial charge on any atom is 0.244 e. The first-order valence-electron chi connectivity index (χ1n) is 6.54. The Hall–Kier alpha value is -2.12. The summed E-state index contributed by atoms with van der Waals surface area (Å²) < 4.78 is 7.23. The van der Waals surface area contributed by atoms with E-state index in [-0.39, 0.29) is 12.5 Å². The van der Waals surface area contributed by atoms with Gasteiger partial charge in [-0.25, -0.2) is 9.97 Å². The molecule has 0 fully saturated rings. The Morgan fingerprint density at radius 2 is 2.32 bits per heavy atom. The molecule has 1 amide bonds. The van der Waals surface area contributed by atoms with Crippen molar-refractivity contribution in [3.05, 3.63) is 45.8 Å². The second-order valence-corrected chi connectivity index (χ2v) is 5.87. The van der Waals surface area contributed by atoms with Crippen molar-refractivity contribution in [3.8, 4) is 0 Å². The van der Waals surface area contributed by atoms with Crippen LogP contribution in [0.4, 0.5) is 0 Å². The van der Waals surface area contributed by atoms with E-state index in [4.69, 9.17) is 16.0 Å². The summed E-state index contributed by atoms with van der Waals surface area (Å²) in [6.07, 6.45) is 4.90. The summed E-state index contributed by atoms with van der Waals surface area (Å²) in [7, 11) is 0. The standard InChI is InChI=1S/C14H13ClN4O2S/c1-8-9(2)21-12(17-8)7-16-11(20)4-3-10-13(15)18-14-19(10)5-6-22-14/h3-6H,7H2,1-2H3,(H,16,20)/b4-3+. The smallest absolute Gasteiger partial charge is 0.244 e. The van der Waals surface area contributed by atoms with Crippen LogP contribution in [-0.4, -0.2) is 20.3 Å². The molecular formula is C14H13ClN4O2S. The molecule has 0 atom stereocenters. The molecule has 3 aromatic heterocycles. The van der Waals surface area contributed by atoms with Crippen LogP contribution in [0.1, 0.15) is 23.0 Å². The lowest BCUT2D eigenvalue weighted by molar-refractivity contribution is -0.116. The summed E-state index contributed by atoms with van der Waals surface area (Å²) in [6.45, 7) is 3.94. The van der Waals surface area contributed by atoms with Crippen molar-refractivity contribution in [2.75, 3.05) is 0 Å². The third kappa shape index (κ3) is 2.90. The van der Waals surface area contributed by atoms with Gasteiger partial charge < -0.3 is 9.73 Å². The molecule has 0 aromatic carbocycles. The number of amides is 1. The molecule has 0 saturated carbocycles. The molecule has 0 spiro atoms. The monoisotopic (exact) mass is 336 g/mol. The number of hydrogen-bond acceptors (Lipinski definition) is 5. The van der Waals surface area contributed by atoms with Crippen molar-refractivity contribution in [3.63, 3.8) is 0 Å². The van der Waals surface area contributed by atoms with E-state index in [1.165, 1.54) is 17.4 Å². The second kappa shape index (κ2) is 5.94. The third-order valence-electron chi connectivity index (χ3n) is 3.13. The van der Waals surface area contributed by atoms with Gasteiger partial charge in [-0.3, -0.25) is 9.20 Å². The largest absolute Gasteiger partial charge is 0.444 e. The van der Waals surface area contributed by atoms with Gasteiger partial charge in [0.2, 0.25) is 11.8 Å². The number of carbonyl (C=O) groups excluding carboxylic acids is 1. The van der Waals surface area contributed by atoms with Gasteiger partial charge >= 0.3 is 0 Å². The Bertz CT molecular complexity index is 842. The van der Waals surface area contributed by atoms with Crippen LogP contribution in [0.25, 0.3) is 11.0 Å². The van der Waals surface area contributed by atoms with E-state index < -0.39 is 0 Å². The fraction of sp³-hybridized carbons (Fsp3) is 0.214. The summed E-state index contributed by atoms with van der Waals surface area (Å²) in [5.41, 5.74) is 1.50. The molecule has 0 saturated heterocycles. The Kier molecular flexibility index (Phi) is 4.00. The minimum atomic E-state index is -0.255. The molecular weight excluding hydrogens is 324 g/mol. The molecule has 6 nitrogen and oxygen atoms in total. The van der Waals surface area contributed by atoms with Crippen LogP contribution >= 0.6 is 22.9 Å². The van der Waals surface area contributed by atoms with Crippen LogP contribution in [0.5, 0.6) is 0 Å². The van der Waals surface area contributed by atoms with E-state index in [2.05, 4.69) is 15.3 Å². The predicted octanol–water partition coefficient (Wildman–Crippen LogP) is 2.98. The maximum absolute atomic E-state index is 11.9. The molecule has 0 aliphatic heterocycles. The third-order valence-corrected chi connectivity index (χ3v) is 4.17. The molecule has 0 bridgehead atoms. The topological polar surface area (TPSA) is 72.4 Å². The van der Waals surface area contributed by atoms with Crippen LogP contribution in [0.15, 0.2) is 22.1 Å². The second-order valence-electron chi connectivity index (χ2n) is 4.64. The number of oxazole rings is 1. The Balaban J connectivity index is 1.66. The number of nitrogens with one attached hydrogen (secondary N) is 1. The van der Waals surface area contributed by atoms with E-state index in [9.17, 15) is 4.79 Å². The Morgan fingerprint density at radius 3 is 3.05 bits per heavy atom. The highest BCUT2D eigenvalue weighted by Gasteiger charge is 2.09. The molecule has 3 rings (SSSR count). The molecule has 0 unspecified atom stereocenters. The average Bonchev–Trinajstić information content (AvgIpc) is 3.11. The number of nitrogens with zero attached hydrogens (tertiary/aromatic N) is 3. The fourth-order valence-electron chi connectivity index (χ4n) is 1.92. The molecule has 3 heterocycles. The van der Waals surface area contributed by atoms with E-state index in [1.807, 2.05) is 29.8 Å². The number of fused-ring (bicyclic) bond motifs is 1. The van der Waals surface area contributed by atoms with Gasteiger partial charge in [0.1, 0.15) is 5.76 Å². The van der Waals surface area contributed by atoms with Gasteiger partial charge in [0.15, 0.2) is 10.1 Å². The van der Waals surface area contributed by atoms with Crippen molar-refractivity contribution in [1.29, 1.82) is 0 Å². The zero-order valence-corrected chi connectivity index (χ0v) is 13.5. The summed E-state index contributed by atoms with van der Waals surface area (Å²) in [5, 5.41) is 4.99. The number of carbonyl (C=O) groups is 1. The number of rotatable bonds is 4. The van der Waals surface area contributed by atoms with Gasteiger partial charge in [-0.15, -0.1) is 11.3 Å². The summed E-state index contributed by atoms with van der Waals surface area (Å²) in [5.74, 6) is 0.986. The lowest BCUT2D eigenvalue weighted by Gasteiger charge is -1.97. The first kappa shape index (κ1) is 14.8. The van der Waals surface area contributed by atoms with Crippen molar-refractivity contribution in [2.24, 2.45) is 0 Å².